The van der Waals surface area contributed by atoms with Crippen molar-refractivity contribution in [2.45, 2.75) is 26.3 Å². The van der Waals surface area contributed by atoms with E-state index in [2.05, 4.69) is 15.6 Å². The highest BCUT2D eigenvalue weighted by Gasteiger charge is 2.17. The lowest BCUT2D eigenvalue weighted by atomic mass is 10.1. The summed E-state index contributed by atoms with van der Waals surface area (Å²) < 4.78 is 31.9. The maximum atomic E-state index is 13.8. The molecule has 2 N–H and O–H groups in total. The van der Waals surface area contributed by atoms with Crippen molar-refractivity contribution >= 4 is 28.3 Å². The van der Waals surface area contributed by atoms with Gasteiger partial charge in [-0.3, -0.25) is 14.9 Å². The number of hydrogen-bond donors (Lipinski definition) is 2. The molecule has 0 aliphatic carbocycles. The highest BCUT2D eigenvalue weighted by molar-refractivity contribution is 7.14. The van der Waals surface area contributed by atoms with E-state index in [1.807, 2.05) is 0 Å². The molecule has 3 rings (SSSR count). The molecule has 0 saturated carbocycles. The molecule has 3 aromatic rings. The molecular formula is C19H17F2N3O3S. The second kappa shape index (κ2) is 8.30. The minimum Gasteiger partial charge on any atom is -0.469 e. The average molecular weight is 405 g/mol. The van der Waals surface area contributed by atoms with Crippen molar-refractivity contribution < 1.29 is 22.8 Å². The first-order valence-electron chi connectivity index (χ1n) is 8.37. The van der Waals surface area contributed by atoms with Gasteiger partial charge in [-0.05, 0) is 26.0 Å². The topological polar surface area (TPSA) is 84.2 Å². The Morgan fingerprint density at radius 1 is 1.29 bits per heavy atom. The highest BCUT2D eigenvalue weighted by Crippen LogP contribution is 2.20. The number of amides is 2. The molecule has 2 amide bonds. The Kier molecular flexibility index (Phi) is 5.84. The zero-order chi connectivity index (χ0) is 20.3. The van der Waals surface area contributed by atoms with Crippen LogP contribution in [0.4, 0.5) is 13.9 Å². The smallest absolute Gasteiger partial charge is 0.260 e. The van der Waals surface area contributed by atoms with Crippen molar-refractivity contribution in [3.05, 3.63) is 70.1 Å². The number of carbonyl (C=O) groups is 2. The summed E-state index contributed by atoms with van der Waals surface area (Å²) in [7, 11) is 0. The van der Waals surface area contributed by atoms with Gasteiger partial charge in [0.1, 0.15) is 17.4 Å². The van der Waals surface area contributed by atoms with Gasteiger partial charge >= 0.3 is 0 Å². The van der Waals surface area contributed by atoms with E-state index in [-0.39, 0.29) is 23.8 Å². The van der Waals surface area contributed by atoms with Gasteiger partial charge in [0.25, 0.3) is 5.91 Å². The first kappa shape index (κ1) is 19.7. The standard InChI is InChI=1S/C19H17F2N3O3S/c1-10(14-4-3-12(20)7-16(14)21)22-17(25)8-13-9-28-19(23-13)24-18(26)15-5-6-27-11(15)2/h3-7,9-10H,8H2,1-2H3,(H,22,25)(H,23,24,26)/t10-/m1/s1. The Morgan fingerprint density at radius 2 is 2.07 bits per heavy atom. The summed E-state index contributed by atoms with van der Waals surface area (Å²) in [6, 6.07) is 4.13. The Morgan fingerprint density at radius 3 is 2.75 bits per heavy atom. The monoisotopic (exact) mass is 405 g/mol. The zero-order valence-electron chi connectivity index (χ0n) is 15.1. The molecule has 0 bridgehead atoms. The molecule has 28 heavy (non-hydrogen) atoms. The minimum atomic E-state index is -0.721. The fourth-order valence-electron chi connectivity index (χ4n) is 2.62. The fourth-order valence-corrected chi connectivity index (χ4v) is 3.32. The molecule has 2 heterocycles. The third kappa shape index (κ3) is 4.61. The van der Waals surface area contributed by atoms with Crippen molar-refractivity contribution in [2.75, 3.05) is 5.32 Å². The first-order valence-corrected chi connectivity index (χ1v) is 9.25. The fraction of sp³-hybridized carbons (Fsp3) is 0.211. The van der Waals surface area contributed by atoms with E-state index in [1.165, 1.54) is 23.7 Å². The summed E-state index contributed by atoms with van der Waals surface area (Å²) in [5, 5.41) is 7.30. The van der Waals surface area contributed by atoms with Gasteiger partial charge in [0.05, 0.1) is 30.0 Å². The van der Waals surface area contributed by atoms with Crippen LogP contribution in [0.1, 0.15) is 40.3 Å². The second-order valence-electron chi connectivity index (χ2n) is 6.12. The van der Waals surface area contributed by atoms with Gasteiger partial charge in [-0.2, -0.15) is 0 Å². The van der Waals surface area contributed by atoms with E-state index in [0.29, 0.717) is 22.1 Å². The predicted molar refractivity (Wildman–Crippen MR) is 100 cm³/mol. The average Bonchev–Trinajstić information content (AvgIpc) is 3.23. The number of aromatic nitrogens is 1. The summed E-state index contributed by atoms with van der Waals surface area (Å²) in [5.74, 6) is -1.62. The summed E-state index contributed by atoms with van der Waals surface area (Å²) >= 11 is 1.19. The third-order valence-electron chi connectivity index (χ3n) is 4.02. The van der Waals surface area contributed by atoms with E-state index in [1.54, 1.807) is 25.3 Å². The quantitative estimate of drug-likeness (QED) is 0.649. The van der Waals surface area contributed by atoms with Crippen LogP contribution in [0.2, 0.25) is 0 Å². The first-order chi connectivity index (χ1) is 13.3. The number of carbonyl (C=O) groups excluding carboxylic acids is 2. The molecule has 1 aromatic carbocycles. The molecule has 6 nitrogen and oxygen atoms in total. The molecule has 0 saturated heterocycles. The van der Waals surface area contributed by atoms with Gasteiger partial charge in [-0.1, -0.05) is 6.07 Å². The number of nitrogens with zero attached hydrogens (tertiary/aromatic N) is 1. The summed E-state index contributed by atoms with van der Waals surface area (Å²) in [6.45, 7) is 3.28. The van der Waals surface area contributed by atoms with E-state index < -0.39 is 17.7 Å². The van der Waals surface area contributed by atoms with Gasteiger partial charge in [-0.25, -0.2) is 13.8 Å². The predicted octanol–water partition coefficient (Wildman–Crippen LogP) is 3.99. The minimum absolute atomic E-state index is 0.0374. The number of rotatable bonds is 6. The summed E-state index contributed by atoms with van der Waals surface area (Å²) in [5.41, 5.74) is 1.06. The van der Waals surface area contributed by atoms with Crippen molar-refractivity contribution in [3.8, 4) is 0 Å². The lowest BCUT2D eigenvalue weighted by Gasteiger charge is -2.14. The van der Waals surface area contributed by atoms with Crippen LogP contribution in [-0.4, -0.2) is 16.8 Å². The van der Waals surface area contributed by atoms with Gasteiger partial charge in [0, 0.05) is 17.0 Å². The molecule has 2 aromatic heterocycles. The lowest BCUT2D eigenvalue weighted by Crippen LogP contribution is -2.28. The molecule has 0 unspecified atom stereocenters. The van der Waals surface area contributed by atoms with Crippen molar-refractivity contribution in [2.24, 2.45) is 0 Å². The number of nitrogens with one attached hydrogen (secondary N) is 2. The van der Waals surface area contributed by atoms with Crippen LogP contribution in [0.25, 0.3) is 0 Å². The van der Waals surface area contributed by atoms with Crippen LogP contribution in [0, 0.1) is 18.6 Å². The number of thiazole rings is 1. The molecule has 146 valence electrons. The SMILES string of the molecule is Cc1occc1C(=O)Nc1nc(CC(=O)N[C@H](C)c2ccc(F)cc2F)cs1. The van der Waals surface area contributed by atoms with Crippen LogP contribution >= 0.6 is 11.3 Å². The molecule has 0 fully saturated rings. The Bertz CT molecular complexity index is 1020. The van der Waals surface area contributed by atoms with E-state index in [0.717, 1.165) is 12.1 Å². The number of furan rings is 1. The van der Waals surface area contributed by atoms with Crippen LogP contribution in [-0.2, 0) is 11.2 Å². The van der Waals surface area contributed by atoms with E-state index in [9.17, 15) is 18.4 Å². The lowest BCUT2D eigenvalue weighted by molar-refractivity contribution is -0.121. The summed E-state index contributed by atoms with van der Waals surface area (Å²) in [4.78, 5) is 28.5. The molecule has 1 atom stereocenters. The van der Waals surface area contributed by atoms with Crippen LogP contribution < -0.4 is 10.6 Å². The molecule has 9 heteroatoms. The van der Waals surface area contributed by atoms with Crippen LogP contribution in [0.3, 0.4) is 0 Å². The number of anilines is 1. The van der Waals surface area contributed by atoms with Crippen molar-refractivity contribution in [3.63, 3.8) is 0 Å². The van der Waals surface area contributed by atoms with Crippen molar-refractivity contribution in [1.82, 2.24) is 10.3 Å². The van der Waals surface area contributed by atoms with Crippen LogP contribution in [0.5, 0.6) is 0 Å². The molecule has 0 aliphatic heterocycles. The van der Waals surface area contributed by atoms with E-state index >= 15 is 0 Å². The molecular weight excluding hydrogens is 388 g/mol. The van der Waals surface area contributed by atoms with Crippen LogP contribution in [0.15, 0.2) is 40.3 Å². The van der Waals surface area contributed by atoms with Gasteiger partial charge < -0.3 is 9.73 Å². The highest BCUT2D eigenvalue weighted by atomic mass is 32.1. The number of benzene rings is 1. The van der Waals surface area contributed by atoms with Gasteiger partial charge in [0.15, 0.2) is 5.13 Å². The summed E-state index contributed by atoms with van der Waals surface area (Å²) in [6.07, 6.45) is 1.39. The van der Waals surface area contributed by atoms with E-state index in [4.69, 9.17) is 4.42 Å². The Hall–Kier alpha value is -3.07. The number of hydrogen-bond acceptors (Lipinski definition) is 5. The molecule has 0 radical (unpaired) electrons. The number of halogens is 2. The Balaban J connectivity index is 1.57. The van der Waals surface area contributed by atoms with Gasteiger partial charge in [0.2, 0.25) is 5.91 Å². The second-order valence-corrected chi connectivity index (χ2v) is 6.98. The maximum absolute atomic E-state index is 13.8. The Labute approximate surface area is 163 Å². The third-order valence-corrected chi connectivity index (χ3v) is 4.83. The maximum Gasteiger partial charge on any atom is 0.260 e. The van der Waals surface area contributed by atoms with Crippen molar-refractivity contribution in [1.29, 1.82) is 0 Å². The van der Waals surface area contributed by atoms with Gasteiger partial charge in [-0.15, -0.1) is 11.3 Å². The largest absolute Gasteiger partial charge is 0.469 e. The number of aryl methyl sites for hydroxylation is 1. The molecule has 0 aliphatic rings. The normalized spacial score (nSPS) is 11.9. The molecule has 0 spiro atoms. The zero-order valence-corrected chi connectivity index (χ0v) is 15.9.